The van der Waals surface area contributed by atoms with Crippen molar-refractivity contribution in [2.45, 2.75) is 32.7 Å². The quantitative estimate of drug-likeness (QED) is 0.531. The number of benzene rings is 2. The van der Waals surface area contributed by atoms with E-state index in [9.17, 15) is 9.18 Å². The van der Waals surface area contributed by atoms with Crippen molar-refractivity contribution in [2.24, 2.45) is 0 Å². The number of halogens is 1. The van der Waals surface area contributed by atoms with Crippen molar-refractivity contribution >= 4 is 17.0 Å². The molecule has 0 bridgehead atoms. The van der Waals surface area contributed by atoms with Crippen LogP contribution in [0.1, 0.15) is 53.4 Å². The Morgan fingerprint density at radius 3 is 2.79 bits per heavy atom. The zero-order valence-electron chi connectivity index (χ0n) is 16.0. The second kappa shape index (κ2) is 7.83. The molecule has 2 aromatic carbocycles. The van der Waals surface area contributed by atoms with Crippen molar-refractivity contribution < 1.29 is 18.1 Å². The van der Waals surface area contributed by atoms with Crippen molar-refractivity contribution in [3.8, 4) is 0 Å². The maximum absolute atomic E-state index is 13.8. The van der Waals surface area contributed by atoms with Crippen molar-refractivity contribution in [3.05, 3.63) is 77.0 Å². The van der Waals surface area contributed by atoms with Gasteiger partial charge in [0.25, 0.3) is 5.91 Å². The Labute approximate surface area is 165 Å². The zero-order valence-corrected chi connectivity index (χ0v) is 16.0. The fourth-order valence-corrected chi connectivity index (χ4v) is 2.92. The second-order valence-corrected chi connectivity index (χ2v) is 6.66. The summed E-state index contributed by atoms with van der Waals surface area (Å²) in [7, 11) is 0. The summed E-state index contributed by atoms with van der Waals surface area (Å²) in [6.07, 6.45) is 0.887. The first-order valence-electron chi connectivity index (χ1n) is 9.29. The van der Waals surface area contributed by atoms with E-state index in [-0.39, 0.29) is 18.1 Å². The summed E-state index contributed by atoms with van der Waals surface area (Å²) < 4.78 is 24.7. The Kier molecular flexibility index (Phi) is 5.07. The first-order valence-corrected chi connectivity index (χ1v) is 9.29. The molecule has 4 rings (SSSR count). The molecule has 0 fully saturated rings. The van der Waals surface area contributed by atoms with E-state index in [0.29, 0.717) is 46.3 Å². The molecule has 7 nitrogen and oxygen atoms in total. The standard InChI is InChI=1S/C21H19FN4O3/c1-3-18-25-21(29-26-18)12(2)23-20(27)14-8-9-16-17(10-14)28-19(24-16)11-13-6-4-5-7-15(13)22/h4-10,12H,3,11H2,1-2H3,(H,23,27)/t12-/m1/s1. The van der Waals surface area contributed by atoms with Crippen LogP contribution < -0.4 is 5.32 Å². The molecule has 0 aliphatic carbocycles. The fourth-order valence-electron chi connectivity index (χ4n) is 2.92. The Hall–Kier alpha value is -3.55. The van der Waals surface area contributed by atoms with Gasteiger partial charge in [-0.3, -0.25) is 4.79 Å². The molecule has 29 heavy (non-hydrogen) atoms. The summed E-state index contributed by atoms with van der Waals surface area (Å²) in [6.45, 7) is 3.69. The molecule has 148 valence electrons. The molecule has 8 heteroatoms. The van der Waals surface area contributed by atoms with Gasteiger partial charge < -0.3 is 14.3 Å². The van der Waals surface area contributed by atoms with Crippen molar-refractivity contribution in [1.29, 1.82) is 0 Å². The van der Waals surface area contributed by atoms with Crippen LogP contribution in [-0.2, 0) is 12.8 Å². The summed E-state index contributed by atoms with van der Waals surface area (Å²) in [6, 6.07) is 11.0. The number of hydrogen-bond donors (Lipinski definition) is 1. The predicted octanol–water partition coefficient (Wildman–Crippen LogP) is 3.99. The van der Waals surface area contributed by atoms with Gasteiger partial charge in [0.05, 0.1) is 6.42 Å². The van der Waals surface area contributed by atoms with Crippen LogP contribution in [-0.4, -0.2) is 21.0 Å². The highest BCUT2D eigenvalue weighted by molar-refractivity contribution is 5.97. The number of amides is 1. The molecule has 1 amide bonds. The minimum atomic E-state index is -0.433. The number of nitrogens with zero attached hydrogens (tertiary/aromatic N) is 3. The normalized spacial score (nSPS) is 12.2. The molecule has 0 saturated carbocycles. The largest absolute Gasteiger partial charge is 0.440 e. The smallest absolute Gasteiger partial charge is 0.252 e. The fraction of sp³-hybridized carbons (Fsp3) is 0.238. The highest BCUT2D eigenvalue weighted by atomic mass is 19.1. The van der Waals surface area contributed by atoms with E-state index < -0.39 is 6.04 Å². The molecule has 0 saturated heterocycles. The van der Waals surface area contributed by atoms with Crippen LogP contribution in [0, 0.1) is 5.82 Å². The molecule has 1 atom stereocenters. The number of hydrogen-bond acceptors (Lipinski definition) is 6. The molecule has 2 aromatic heterocycles. The van der Waals surface area contributed by atoms with Crippen LogP contribution in [0.2, 0.25) is 0 Å². The van der Waals surface area contributed by atoms with Gasteiger partial charge in [0.15, 0.2) is 17.3 Å². The number of carbonyl (C=O) groups is 1. The summed E-state index contributed by atoms with van der Waals surface area (Å²) in [5, 5.41) is 6.65. The highest BCUT2D eigenvalue weighted by Crippen LogP contribution is 2.21. The average molecular weight is 394 g/mol. The summed E-state index contributed by atoms with van der Waals surface area (Å²) in [4.78, 5) is 21.2. The predicted molar refractivity (Wildman–Crippen MR) is 103 cm³/mol. The van der Waals surface area contributed by atoms with E-state index in [1.54, 1.807) is 43.3 Å². The minimum Gasteiger partial charge on any atom is -0.440 e. The topological polar surface area (TPSA) is 94.1 Å². The van der Waals surface area contributed by atoms with Gasteiger partial charge in [-0.15, -0.1) is 0 Å². The third-order valence-corrected chi connectivity index (χ3v) is 4.51. The van der Waals surface area contributed by atoms with Gasteiger partial charge in [-0.25, -0.2) is 9.37 Å². The molecule has 0 aliphatic heterocycles. The molecule has 1 N–H and O–H groups in total. The molecule has 0 radical (unpaired) electrons. The van der Waals surface area contributed by atoms with Gasteiger partial charge in [-0.1, -0.05) is 30.3 Å². The van der Waals surface area contributed by atoms with Crippen LogP contribution >= 0.6 is 0 Å². The average Bonchev–Trinajstić information content (AvgIpc) is 3.35. The van der Waals surface area contributed by atoms with E-state index in [1.165, 1.54) is 6.07 Å². The molecule has 4 aromatic rings. The molecule has 2 heterocycles. The number of fused-ring (bicyclic) bond motifs is 1. The van der Waals surface area contributed by atoms with E-state index in [2.05, 4.69) is 20.4 Å². The SMILES string of the molecule is CCc1noc([C@@H](C)NC(=O)c2ccc3nc(Cc4ccccc4F)oc3c2)n1. The van der Waals surface area contributed by atoms with Crippen molar-refractivity contribution in [1.82, 2.24) is 20.4 Å². The molecular weight excluding hydrogens is 375 g/mol. The first-order chi connectivity index (χ1) is 14.0. The van der Waals surface area contributed by atoms with Crippen LogP contribution in [0.4, 0.5) is 4.39 Å². The summed E-state index contributed by atoms with van der Waals surface area (Å²) in [5.74, 6) is 0.711. The van der Waals surface area contributed by atoms with E-state index in [0.717, 1.165) is 0 Å². The van der Waals surface area contributed by atoms with Crippen LogP contribution in [0.3, 0.4) is 0 Å². The van der Waals surface area contributed by atoms with Gasteiger partial charge in [0.2, 0.25) is 5.89 Å². The number of aryl methyl sites for hydroxylation is 1. The second-order valence-electron chi connectivity index (χ2n) is 6.66. The minimum absolute atomic E-state index is 0.233. The maximum Gasteiger partial charge on any atom is 0.252 e. The molecule has 0 spiro atoms. The van der Waals surface area contributed by atoms with Crippen LogP contribution in [0.25, 0.3) is 11.1 Å². The molecule has 0 unspecified atom stereocenters. The number of oxazole rings is 1. The van der Waals surface area contributed by atoms with Crippen LogP contribution in [0.15, 0.2) is 51.4 Å². The number of aromatic nitrogens is 3. The number of carbonyl (C=O) groups excluding carboxylic acids is 1. The van der Waals surface area contributed by atoms with E-state index >= 15 is 0 Å². The van der Waals surface area contributed by atoms with Gasteiger partial charge >= 0.3 is 0 Å². The highest BCUT2D eigenvalue weighted by Gasteiger charge is 2.18. The van der Waals surface area contributed by atoms with E-state index in [1.807, 2.05) is 6.92 Å². The van der Waals surface area contributed by atoms with Crippen molar-refractivity contribution in [3.63, 3.8) is 0 Å². The Morgan fingerprint density at radius 1 is 1.21 bits per heavy atom. The number of nitrogens with one attached hydrogen (secondary N) is 1. The summed E-state index contributed by atoms with van der Waals surface area (Å²) >= 11 is 0. The number of rotatable bonds is 6. The Morgan fingerprint density at radius 2 is 2.03 bits per heavy atom. The Bertz CT molecular complexity index is 1170. The monoisotopic (exact) mass is 394 g/mol. The zero-order chi connectivity index (χ0) is 20.4. The van der Waals surface area contributed by atoms with Crippen LogP contribution in [0.5, 0.6) is 0 Å². The third-order valence-electron chi connectivity index (χ3n) is 4.51. The lowest BCUT2D eigenvalue weighted by atomic mass is 10.1. The van der Waals surface area contributed by atoms with E-state index in [4.69, 9.17) is 8.94 Å². The molecule has 0 aliphatic rings. The Balaban J connectivity index is 1.50. The van der Waals surface area contributed by atoms with Crippen molar-refractivity contribution in [2.75, 3.05) is 0 Å². The lowest BCUT2D eigenvalue weighted by Crippen LogP contribution is -2.26. The molecular formula is C21H19FN4O3. The van der Waals surface area contributed by atoms with Gasteiger partial charge in [-0.2, -0.15) is 4.98 Å². The third kappa shape index (κ3) is 4.01. The van der Waals surface area contributed by atoms with Gasteiger partial charge in [-0.05, 0) is 36.8 Å². The lowest BCUT2D eigenvalue weighted by molar-refractivity contribution is 0.0932. The van der Waals surface area contributed by atoms with Gasteiger partial charge in [0, 0.05) is 12.0 Å². The van der Waals surface area contributed by atoms with Gasteiger partial charge in [0.1, 0.15) is 17.4 Å². The lowest BCUT2D eigenvalue weighted by Gasteiger charge is -2.09. The first kappa shape index (κ1) is 18.8. The maximum atomic E-state index is 13.8. The summed E-state index contributed by atoms with van der Waals surface area (Å²) in [5.41, 5.74) is 1.97.